The number of carbonyl (C=O) groups is 1. The number of benzene rings is 2. The fraction of sp³-hybridized carbons (Fsp3) is 0.0476. The van der Waals surface area contributed by atoms with Crippen molar-refractivity contribution < 1.29 is 4.79 Å². The zero-order chi connectivity index (χ0) is 18.1. The minimum atomic E-state index is -0.119. The monoisotopic (exact) mass is 453 g/mol. The minimum Gasteiger partial charge on any atom is -0.322 e. The minimum absolute atomic E-state index is 0.119. The standard InChI is InChI=1S/C21H16IN3O/c1-14-8-9-25-13-19(24-20(25)10-14)15-4-3-7-18(12-15)23-21(26)16-5-2-6-17(22)11-16/h2-13H,1H3,(H,23,26). The topological polar surface area (TPSA) is 46.4 Å². The number of anilines is 1. The average Bonchev–Trinajstić information content (AvgIpc) is 3.05. The molecular formula is C21H16IN3O. The highest BCUT2D eigenvalue weighted by molar-refractivity contribution is 14.1. The van der Waals surface area contributed by atoms with Gasteiger partial charge in [-0.25, -0.2) is 4.98 Å². The van der Waals surface area contributed by atoms with Crippen molar-refractivity contribution in [3.8, 4) is 11.3 Å². The lowest BCUT2D eigenvalue weighted by Crippen LogP contribution is -2.11. The molecule has 0 aliphatic rings. The number of nitrogens with zero attached hydrogens (tertiary/aromatic N) is 2. The van der Waals surface area contributed by atoms with E-state index in [1.807, 2.05) is 71.4 Å². The lowest BCUT2D eigenvalue weighted by molar-refractivity contribution is 0.102. The first-order valence-electron chi connectivity index (χ1n) is 8.21. The summed E-state index contributed by atoms with van der Waals surface area (Å²) in [4.78, 5) is 17.1. The summed E-state index contributed by atoms with van der Waals surface area (Å²) in [6, 6.07) is 19.4. The molecule has 0 saturated carbocycles. The summed E-state index contributed by atoms with van der Waals surface area (Å²) in [5, 5.41) is 2.96. The Bertz CT molecular complexity index is 1120. The van der Waals surface area contributed by atoms with Crippen LogP contribution in [-0.2, 0) is 0 Å². The molecule has 0 bridgehead atoms. The van der Waals surface area contributed by atoms with E-state index >= 15 is 0 Å². The lowest BCUT2D eigenvalue weighted by Gasteiger charge is -2.07. The number of nitrogens with one attached hydrogen (secondary N) is 1. The Morgan fingerprint density at radius 1 is 1.08 bits per heavy atom. The molecule has 0 fully saturated rings. The third kappa shape index (κ3) is 3.48. The van der Waals surface area contributed by atoms with Crippen molar-refractivity contribution in [3.63, 3.8) is 0 Å². The van der Waals surface area contributed by atoms with Crippen LogP contribution in [0.25, 0.3) is 16.9 Å². The summed E-state index contributed by atoms with van der Waals surface area (Å²) in [5.74, 6) is -0.119. The second-order valence-electron chi connectivity index (χ2n) is 6.14. The third-order valence-corrected chi connectivity index (χ3v) is 4.79. The molecule has 0 atom stereocenters. The van der Waals surface area contributed by atoms with Crippen molar-refractivity contribution in [3.05, 3.63) is 87.8 Å². The Morgan fingerprint density at radius 2 is 1.92 bits per heavy atom. The normalized spacial score (nSPS) is 10.8. The van der Waals surface area contributed by atoms with Crippen LogP contribution in [-0.4, -0.2) is 15.3 Å². The summed E-state index contributed by atoms with van der Waals surface area (Å²) < 4.78 is 3.03. The van der Waals surface area contributed by atoms with Gasteiger partial charge in [-0.05, 0) is 77.5 Å². The Hall–Kier alpha value is -2.67. The second-order valence-corrected chi connectivity index (χ2v) is 7.39. The van der Waals surface area contributed by atoms with Crippen LogP contribution in [0.15, 0.2) is 73.1 Å². The van der Waals surface area contributed by atoms with Gasteiger partial charge in [-0.3, -0.25) is 4.79 Å². The van der Waals surface area contributed by atoms with Gasteiger partial charge in [0.15, 0.2) is 0 Å². The number of aryl methyl sites for hydroxylation is 1. The fourth-order valence-electron chi connectivity index (χ4n) is 2.81. The summed E-state index contributed by atoms with van der Waals surface area (Å²) in [7, 11) is 0. The van der Waals surface area contributed by atoms with E-state index in [0.717, 1.165) is 26.2 Å². The fourth-order valence-corrected chi connectivity index (χ4v) is 3.36. The first-order chi connectivity index (χ1) is 12.6. The van der Waals surface area contributed by atoms with Crippen LogP contribution >= 0.6 is 22.6 Å². The number of fused-ring (bicyclic) bond motifs is 1. The van der Waals surface area contributed by atoms with Crippen molar-refractivity contribution >= 4 is 39.8 Å². The Labute approximate surface area is 165 Å². The molecule has 0 saturated heterocycles. The Balaban J connectivity index is 1.62. The van der Waals surface area contributed by atoms with Crippen LogP contribution in [0.4, 0.5) is 5.69 Å². The second kappa shape index (κ2) is 6.92. The van der Waals surface area contributed by atoms with Gasteiger partial charge in [0, 0.05) is 32.8 Å². The van der Waals surface area contributed by atoms with Crippen LogP contribution in [0, 0.1) is 10.5 Å². The molecule has 4 nitrogen and oxygen atoms in total. The molecule has 0 unspecified atom stereocenters. The van der Waals surface area contributed by atoms with Gasteiger partial charge in [-0.2, -0.15) is 0 Å². The first-order valence-corrected chi connectivity index (χ1v) is 9.29. The zero-order valence-corrected chi connectivity index (χ0v) is 16.3. The van der Waals surface area contributed by atoms with E-state index in [-0.39, 0.29) is 5.91 Å². The van der Waals surface area contributed by atoms with Gasteiger partial charge in [0.05, 0.1) is 5.69 Å². The maximum atomic E-state index is 12.5. The summed E-state index contributed by atoms with van der Waals surface area (Å²) >= 11 is 2.20. The molecule has 1 amide bonds. The molecule has 0 aliphatic carbocycles. The molecular weight excluding hydrogens is 437 g/mol. The van der Waals surface area contributed by atoms with Gasteiger partial charge in [0.25, 0.3) is 5.91 Å². The van der Waals surface area contributed by atoms with Crippen LogP contribution in [0.5, 0.6) is 0 Å². The lowest BCUT2D eigenvalue weighted by atomic mass is 10.1. The molecule has 2 aromatic heterocycles. The highest BCUT2D eigenvalue weighted by Gasteiger charge is 2.09. The highest BCUT2D eigenvalue weighted by Crippen LogP contribution is 2.23. The molecule has 5 heteroatoms. The molecule has 2 heterocycles. The molecule has 26 heavy (non-hydrogen) atoms. The van der Waals surface area contributed by atoms with E-state index in [4.69, 9.17) is 0 Å². The summed E-state index contributed by atoms with van der Waals surface area (Å²) in [6.07, 6.45) is 4.00. The molecule has 4 aromatic rings. The van der Waals surface area contributed by atoms with Crippen molar-refractivity contribution in [1.29, 1.82) is 0 Å². The number of imidazole rings is 1. The van der Waals surface area contributed by atoms with E-state index in [1.54, 1.807) is 0 Å². The quantitative estimate of drug-likeness (QED) is 0.436. The number of rotatable bonds is 3. The zero-order valence-electron chi connectivity index (χ0n) is 14.1. The maximum absolute atomic E-state index is 12.5. The Morgan fingerprint density at radius 3 is 2.77 bits per heavy atom. The van der Waals surface area contributed by atoms with E-state index < -0.39 is 0 Å². The van der Waals surface area contributed by atoms with E-state index in [9.17, 15) is 4.79 Å². The molecule has 2 aromatic carbocycles. The number of aromatic nitrogens is 2. The van der Waals surface area contributed by atoms with Gasteiger partial charge >= 0.3 is 0 Å². The van der Waals surface area contributed by atoms with E-state index in [0.29, 0.717) is 5.56 Å². The first kappa shape index (κ1) is 16.8. The van der Waals surface area contributed by atoms with Crippen LogP contribution < -0.4 is 5.32 Å². The van der Waals surface area contributed by atoms with Crippen molar-refractivity contribution in [1.82, 2.24) is 9.38 Å². The number of carbonyl (C=O) groups excluding carboxylic acids is 1. The van der Waals surface area contributed by atoms with Crippen LogP contribution in [0.3, 0.4) is 0 Å². The SMILES string of the molecule is Cc1ccn2cc(-c3cccc(NC(=O)c4cccc(I)c4)c3)nc2c1. The van der Waals surface area contributed by atoms with Crippen molar-refractivity contribution in [2.24, 2.45) is 0 Å². The van der Waals surface area contributed by atoms with E-state index in [2.05, 4.69) is 45.9 Å². The van der Waals surface area contributed by atoms with Gasteiger partial charge in [-0.1, -0.05) is 18.2 Å². The van der Waals surface area contributed by atoms with Crippen molar-refractivity contribution in [2.45, 2.75) is 6.92 Å². The van der Waals surface area contributed by atoms with Crippen molar-refractivity contribution in [2.75, 3.05) is 5.32 Å². The average molecular weight is 453 g/mol. The maximum Gasteiger partial charge on any atom is 0.255 e. The molecule has 0 spiro atoms. The van der Waals surface area contributed by atoms with E-state index in [1.165, 1.54) is 5.56 Å². The molecule has 0 aliphatic heterocycles. The molecule has 1 N–H and O–H groups in total. The van der Waals surface area contributed by atoms with Crippen LogP contribution in [0.1, 0.15) is 15.9 Å². The highest BCUT2D eigenvalue weighted by atomic mass is 127. The van der Waals surface area contributed by atoms with Gasteiger partial charge in [0.2, 0.25) is 0 Å². The smallest absolute Gasteiger partial charge is 0.255 e. The number of pyridine rings is 1. The van der Waals surface area contributed by atoms with Gasteiger partial charge < -0.3 is 9.72 Å². The summed E-state index contributed by atoms with van der Waals surface area (Å²) in [6.45, 7) is 2.05. The predicted molar refractivity (Wildman–Crippen MR) is 112 cm³/mol. The number of amides is 1. The largest absolute Gasteiger partial charge is 0.322 e. The molecule has 4 rings (SSSR count). The molecule has 128 valence electrons. The summed E-state index contributed by atoms with van der Waals surface area (Å²) in [5.41, 5.74) is 5.32. The Kier molecular flexibility index (Phi) is 4.46. The number of halogens is 1. The predicted octanol–water partition coefficient (Wildman–Crippen LogP) is 5.17. The molecule has 0 radical (unpaired) electrons. The number of hydrogen-bond acceptors (Lipinski definition) is 2. The number of hydrogen-bond donors (Lipinski definition) is 1. The van der Waals surface area contributed by atoms with Gasteiger partial charge in [0.1, 0.15) is 5.65 Å². The third-order valence-electron chi connectivity index (χ3n) is 4.12. The van der Waals surface area contributed by atoms with Crippen LogP contribution in [0.2, 0.25) is 0 Å². The van der Waals surface area contributed by atoms with Gasteiger partial charge in [-0.15, -0.1) is 0 Å².